The number of nitrogens with zero attached hydrogens (tertiary/aromatic N) is 5. The highest BCUT2D eigenvalue weighted by Crippen LogP contribution is 2.41. The van der Waals surface area contributed by atoms with Crippen LogP contribution >= 0.6 is 23.1 Å². The minimum absolute atomic E-state index is 0.0244. The molecule has 17 heteroatoms. The number of nitro groups is 1. The molecule has 0 radical (unpaired) electrons. The van der Waals surface area contributed by atoms with E-state index in [1.165, 1.54) is 35.4 Å². The van der Waals surface area contributed by atoms with Crippen molar-refractivity contribution in [1.82, 2.24) is 20.1 Å². The van der Waals surface area contributed by atoms with Crippen LogP contribution in [0.5, 0.6) is 0 Å². The normalized spacial score (nSPS) is 21.7. The summed E-state index contributed by atoms with van der Waals surface area (Å²) < 4.78 is 0. The number of hydrogen-bond acceptors (Lipinski definition) is 12. The van der Waals surface area contributed by atoms with Crippen LogP contribution in [0.3, 0.4) is 0 Å². The number of non-ortho nitro benzene ring substituents is 1. The van der Waals surface area contributed by atoms with Crippen molar-refractivity contribution in [1.29, 1.82) is 0 Å². The highest BCUT2D eigenvalue weighted by atomic mass is 32.2. The number of hydrogen-bond donors (Lipinski definition) is 4. The maximum atomic E-state index is 13.0. The Bertz CT molecular complexity index is 1570. The van der Waals surface area contributed by atoms with E-state index in [4.69, 9.17) is 5.73 Å². The van der Waals surface area contributed by atoms with Crippen LogP contribution in [0.25, 0.3) is 0 Å². The Kier molecular flexibility index (Phi) is 7.46. The second-order valence-electron chi connectivity index (χ2n) is 9.13. The summed E-state index contributed by atoms with van der Waals surface area (Å²) in [4.78, 5) is 67.8. The molecule has 4 heterocycles. The van der Waals surface area contributed by atoms with Gasteiger partial charge in [0.1, 0.15) is 22.8 Å². The zero-order valence-electron chi connectivity index (χ0n) is 20.9. The van der Waals surface area contributed by atoms with Crippen molar-refractivity contribution in [2.24, 2.45) is 5.16 Å². The van der Waals surface area contributed by atoms with Crippen LogP contribution in [0, 0.1) is 10.1 Å². The summed E-state index contributed by atoms with van der Waals surface area (Å²) in [5, 5.41) is 36.4. The van der Waals surface area contributed by atoms with E-state index >= 15 is 0 Å². The maximum absolute atomic E-state index is 13.0. The van der Waals surface area contributed by atoms with Gasteiger partial charge in [-0.1, -0.05) is 17.3 Å². The van der Waals surface area contributed by atoms with Gasteiger partial charge in [-0.15, -0.1) is 23.1 Å². The molecule has 212 valence electrons. The third-order valence-electron chi connectivity index (χ3n) is 6.65. The van der Waals surface area contributed by atoms with Crippen LogP contribution in [0.1, 0.15) is 17.7 Å². The fraction of sp³-hybridized carbons (Fsp3) is 0.250. The average Bonchev–Trinajstić information content (AvgIpc) is 3.52. The molecular formula is C24H21N7O8S2. The number of nitrogens with two attached hydrogens (primary N) is 1. The van der Waals surface area contributed by atoms with E-state index in [1.807, 2.05) is 0 Å². The maximum Gasteiger partial charge on any atom is 0.352 e. The summed E-state index contributed by atoms with van der Waals surface area (Å²) in [5.74, 6) is -3.05. The molecule has 0 bridgehead atoms. The summed E-state index contributed by atoms with van der Waals surface area (Å²) in [6.07, 6.45) is 1.85. The molecule has 0 aliphatic carbocycles. The summed E-state index contributed by atoms with van der Waals surface area (Å²) >= 11 is 2.25. The summed E-state index contributed by atoms with van der Waals surface area (Å²) in [6.45, 7) is 0.609. The number of anilines is 1. The number of rotatable bonds is 8. The number of nitrogens with one attached hydrogen (secondary N) is 1. The Balaban J connectivity index is 1.30. The van der Waals surface area contributed by atoms with E-state index in [9.17, 15) is 39.6 Å². The van der Waals surface area contributed by atoms with Crippen LogP contribution in [0.15, 0.2) is 57.7 Å². The smallest absolute Gasteiger partial charge is 0.352 e. The lowest BCUT2D eigenvalue weighted by atomic mass is 10.0. The van der Waals surface area contributed by atoms with Crippen LogP contribution in [0.4, 0.5) is 10.8 Å². The molecule has 41 heavy (non-hydrogen) atoms. The number of carboxylic acid groups (broad SMARTS) is 1. The highest BCUT2D eigenvalue weighted by molar-refractivity contribution is 8.00. The van der Waals surface area contributed by atoms with Crippen molar-refractivity contribution in [3.05, 3.63) is 73.9 Å². The zero-order valence-corrected chi connectivity index (χ0v) is 22.6. The molecule has 2 saturated heterocycles. The van der Waals surface area contributed by atoms with E-state index in [-0.39, 0.29) is 46.0 Å². The Labute approximate surface area is 239 Å². The van der Waals surface area contributed by atoms with E-state index in [0.29, 0.717) is 24.1 Å². The second kappa shape index (κ2) is 11.0. The fourth-order valence-corrected chi connectivity index (χ4v) is 6.53. The molecular weight excluding hydrogens is 578 g/mol. The predicted octanol–water partition coefficient (Wildman–Crippen LogP) is 0.909. The third kappa shape index (κ3) is 5.23. The van der Waals surface area contributed by atoms with E-state index in [0.717, 1.165) is 16.2 Å². The van der Waals surface area contributed by atoms with Gasteiger partial charge >= 0.3 is 5.97 Å². The molecule has 2 atom stereocenters. The minimum atomic E-state index is -1.36. The quantitative estimate of drug-likeness (QED) is 0.0833. The molecule has 2 aromatic rings. The number of fused-ring (bicyclic) bond motifs is 1. The molecule has 3 aliphatic heterocycles. The first-order valence-corrected chi connectivity index (χ1v) is 13.9. The average molecular weight is 600 g/mol. The number of carbonyl (C=O) groups is 4. The molecule has 2 fully saturated rings. The highest BCUT2D eigenvalue weighted by Gasteiger charge is 2.54. The molecule has 3 amide bonds. The Morgan fingerprint density at radius 2 is 2.02 bits per heavy atom. The van der Waals surface area contributed by atoms with Crippen LogP contribution in [-0.2, 0) is 25.7 Å². The third-order valence-corrected chi connectivity index (χ3v) is 8.62. The number of thiazole rings is 1. The standard InChI is InChI=1S/C24H21N7O8S2/c25-24-26-15(10-41-24)16(28-37)19(32)27-17-21(34)30-18(23(35)36)13(9-40-22(17)30)7-12-5-6-29(20(12)33)8-11-1-3-14(4-2-11)31(38)39/h1-4,7,10,17,22,37H,5-6,8-9H2,(H2,25,26)(H,27,32)(H,35,36)/t17-,22-/m1/s1. The SMILES string of the molecule is Nc1nc(C(=NO)C(=O)N[C@@H]2C(=O)N3C(C(=O)O)=C(C=C4CCN(Cc5ccc([N+](=O)[O-])cc5)C4=O)CS[C@H]23)cs1. The first-order valence-electron chi connectivity index (χ1n) is 12.0. The lowest BCUT2D eigenvalue weighted by molar-refractivity contribution is -0.384. The first kappa shape index (κ1) is 27.8. The summed E-state index contributed by atoms with van der Waals surface area (Å²) in [6, 6.07) is 4.79. The van der Waals surface area contributed by atoms with Gasteiger partial charge in [-0.3, -0.25) is 29.4 Å². The zero-order chi connectivity index (χ0) is 29.4. The Morgan fingerprint density at radius 3 is 2.63 bits per heavy atom. The second-order valence-corrected chi connectivity index (χ2v) is 11.1. The largest absolute Gasteiger partial charge is 0.477 e. The number of carboxylic acids is 1. The number of nitro benzene ring substituents is 1. The minimum Gasteiger partial charge on any atom is -0.477 e. The van der Waals surface area contributed by atoms with Gasteiger partial charge in [0.25, 0.3) is 17.5 Å². The summed E-state index contributed by atoms with van der Waals surface area (Å²) in [7, 11) is 0. The van der Waals surface area contributed by atoms with E-state index < -0.39 is 39.8 Å². The van der Waals surface area contributed by atoms with Gasteiger partial charge in [-0.05, 0) is 23.6 Å². The number of aromatic nitrogens is 1. The number of oxime groups is 1. The van der Waals surface area contributed by atoms with Gasteiger partial charge < -0.3 is 26.3 Å². The van der Waals surface area contributed by atoms with Crippen molar-refractivity contribution < 1.29 is 34.4 Å². The number of nitrogen functional groups attached to an aromatic ring is 1. The Morgan fingerprint density at radius 1 is 1.29 bits per heavy atom. The van der Waals surface area contributed by atoms with Gasteiger partial charge in [0, 0.05) is 41.9 Å². The number of thioether (sulfide) groups is 1. The van der Waals surface area contributed by atoms with Crippen LogP contribution in [0.2, 0.25) is 0 Å². The molecule has 0 unspecified atom stereocenters. The molecule has 1 aromatic heterocycles. The van der Waals surface area contributed by atoms with Crippen LogP contribution < -0.4 is 11.1 Å². The molecule has 5 N–H and O–H groups in total. The lowest BCUT2D eigenvalue weighted by Crippen LogP contribution is -2.71. The lowest BCUT2D eigenvalue weighted by Gasteiger charge is -2.49. The van der Waals surface area contributed by atoms with Gasteiger partial charge in [0.05, 0.1) is 4.92 Å². The molecule has 15 nitrogen and oxygen atoms in total. The van der Waals surface area contributed by atoms with E-state index in [1.54, 1.807) is 17.0 Å². The van der Waals surface area contributed by atoms with Crippen molar-refractivity contribution in [2.45, 2.75) is 24.4 Å². The van der Waals surface area contributed by atoms with Crippen molar-refractivity contribution in [3.63, 3.8) is 0 Å². The molecule has 5 rings (SSSR count). The van der Waals surface area contributed by atoms with Gasteiger partial charge in [0.15, 0.2) is 10.8 Å². The van der Waals surface area contributed by atoms with Crippen LogP contribution in [-0.4, -0.2) is 83.1 Å². The number of amides is 3. The molecule has 0 saturated carbocycles. The number of benzene rings is 1. The topological polar surface area (TPSA) is 222 Å². The first-order chi connectivity index (χ1) is 19.6. The summed E-state index contributed by atoms with van der Waals surface area (Å²) in [5.41, 5.74) is 6.18. The number of allylic oxidation sites excluding steroid dienone is 1. The fourth-order valence-electron chi connectivity index (χ4n) is 4.68. The van der Waals surface area contributed by atoms with Gasteiger partial charge in [-0.25, -0.2) is 9.78 Å². The number of aliphatic carboxylic acids is 1. The predicted molar refractivity (Wildman–Crippen MR) is 146 cm³/mol. The van der Waals surface area contributed by atoms with Crippen molar-refractivity contribution in [2.75, 3.05) is 18.0 Å². The van der Waals surface area contributed by atoms with Crippen molar-refractivity contribution >= 4 is 63.3 Å². The molecule has 0 spiro atoms. The molecule has 1 aromatic carbocycles. The monoisotopic (exact) mass is 599 g/mol. The molecule has 3 aliphatic rings. The number of carbonyl (C=O) groups excluding carboxylic acids is 3. The Hall–Kier alpha value is -4.77. The van der Waals surface area contributed by atoms with Gasteiger partial charge in [0.2, 0.25) is 5.91 Å². The van der Waals surface area contributed by atoms with Gasteiger partial charge in [-0.2, -0.15) is 0 Å². The van der Waals surface area contributed by atoms with Crippen molar-refractivity contribution in [3.8, 4) is 0 Å². The van der Waals surface area contributed by atoms with E-state index in [2.05, 4.69) is 15.5 Å². The number of β-lactam (4-membered cyclic amide) rings is 1. The number of likely N-dealkylation sites (tertiary alicyclic amines) is 1.